The predicted molar refractivity (Wildman–Crippen MR) is 86.0 cm³/mol. The minimum absolute atomic E-state index is 0.494. The largest absolute Gasteiger partial charge is 0.389 e. The average molecular weight is 277 g/mol. The molecule has 2 N–H and O–H groups in total. The van der Waals surface area contributed by atoms with E-state index >= 15 is 0 Å². The van der Waals surface area contributed by atoms with Crippen LogP contribution < -0.4 is 10.6 Å². The summed E-state index contributed by atoms with van der Waals surface area (Å²) in [7, 11) is 4.32. The highest BCUT2D eigenvalue weighted by Crippen LogP contribution is 2.26. The van der Waals surface area contributed by atoms with Crippen LogP contribution >= 0.6 is 12.2 Å². The molecule has 0 amide bonds. The van der Waals surface area contributed by atoms with Gasteiger partial charge in [0.25, 0.3) is 0 Å². The van der Waals surface area contributed by atoms with Crippen molar-refractivity contribution in [2.75, 3.05) is 32.1 Å². The molecule has 1 heterocycles. The summed E-state index contributed by atoms with van der Waals surface area (Å²) in [5.74, 6) is 0. The second-order valence-corrected chi connectivity index (χ2v) is 6.01. The van der Waals surface area contributed by atoms with Gasteiger partial charge in [0, 0.05) is 30.4 Å². The van der Waals surface area contributed by atoms with Crippen molar-refractivity contribution in [2.45, 2.75) is 25.8 Å². The normalized spacial score (nSPS) is 16.9. The number of rotatable bonds is 3. The molecule has 0 aromatic heterocycles. The SMILES string of the molecule is Cc1ccc(N2CCC(N(C)C)CC2)c(C(N)=S)c1. The summed E-state index contributed by atoms with van der Waals surface area (Å²) in [6.07, 6.45) is 2.38. The van der Waals surface area contributed by atoms with Crippen molar-refractivity contribution in [3.63, 3.8) is 0 Å². The zero-order chi connectivity index (χ0) is 14.0. The summed E-state index contributed by atoms with van der Waals surface area (Å²) in [5, 5.41) is 0. The first-order chi connectivity index (χ1) is 8.99. The van der Waals surface area contributed by atoms with Gasteiger partial charge in [-0.05, 0) is 46.0 Å². The maximum atomic E-state index is 5.86. The number of benzene rings is 1. The molecule has 3 nitrogen and oxygen atoms in total. The van der Waals surface area contributed by atoms with Crippen LogP contribution in [0.1, 0.15) is 24.0 Å². The van der Waals surface area contributed by atoms with Gasteiger partial charge in [0.2, 0.25) is 0 Å². The molecule has 2 rings (SSSR count). The Morgan fingerprint density at radius 1 is 1.32 bits per heavy atom. The van der Waals surface area contributed by atoms with E-state index in [1.807, 2.05) is 0 Å². The number of hydrogen-bond donors (Lipinski definition) is 1. The van der Waals surface area contributed by atoms with Gasteiger partial charge in [-0.1, -0.05) is 23.8 Å². The lowest BCUT2D eigenvalue weighted by molar-refractivity contribution is 0.249. The Bertz CT molecular complexity index is 462. The Hall–Kier alpha value is -1.13. The van der Waals surface area contributed by atoms with Crippen LogP contribution in [0, 0.1) is 6.92 Å². The fourth-order valence-electron chi connectivity index (χ4n) is 2.75. The van der Waals surface area contributed by atoms with Crippen molar-refractivity contribution in [1.82, 2.24) is 4.90 Å². The molecule has 0 atom stereocenters. The smallest absolute Gasteiger partial charge is 0.106 e. The summed E-state index contributed by atoms with van der Waals surface area (Å²) in [4.78, 5) is 5.22. The number of nitrogens with zero attached hydrogens (tertiary/aromatic N) is 2. The van der Waals surface area contributed by atoms with Crippen LogP contribution in [0.4, 0.5) is 5.69 Å². The Morgan fingerprint density at radius 2 is 1.95 bits per heavy atom. The number of thiocarbonyl (C=S) groups is 1. The number of aryl methyl sites for hydroxylation is 1. The quantitative estimate of drug-likeness (QED) is 0.858. The minimum Gasteiger partial charge on any atom is -0.389 e. The predicted octanol–water partition coefficient (Wildman–Crippen LogP) is 2.16. The molecular formula is C15H23N3S. The third kappa shape index (κ3) is 3.25. The van der Waals surface area contributed by atoms with Gasteiger partial charge in [0.15, 0.2) is 0 Å². The molecule has 0 saturated carbocycles. The maximum Gasteiger partial charge on any atom is 0.106 e. The number of hydrogen-bond acceptors (Lipinski definition) is 3. The van der Waals surface area contributed by atoms with E-state index in [9.17, 15) is 0 Å². The molecule has 0 spiro atoms. The summed E-state index contributed by atoms with van der Waals surface area (Å²) in [6, 6.07) is 7.07. The van der Waals surface area contributed by atoms with Crippen molar-refractivity contribution in [1.29, 1.82) is 0 Å². The topological polar surface area (TPSA) is 32.5 Å². The molecular weight excluding hydrogens is 254 g/mol. The maximum absolute atomic E-state index is 5.86. The lowest BCUT2D eigenvalue weighted by atomic mass is 10.0. The van der Waals surface area contributed by atoms with Gasteiger partial charge < -0.3 is 15.5 Å². The average Bonchev–Trinajstić information content (AvgIpc) is 2.38. The van der Waals surface area contributed by atoms with Gasteiger partial charge in [-0.25, -0.2) is 0 Å². The lowest BCUT2D eigenvalue weighted by Gasteiger charge is -2.37. The molecule has 1 fully saturated rings. The van der Waals surface area contributed by atoms with Crippen LogP contribution in [0.15, 0.2) is 18.2 Å². The number of nitrogens with two attached hydrogens (primary N) is 1. The second kappa shape index (κ2) is 5.88. The van der Waals surface area contributed by atoms with Gasteiger partial charge in [-0.15, -0.1) is 0 Å². The van der Waals surface area contributed by atoms with E-state index in [0.29, 0.717) is 11.0 Å². The van der Waals surface area contributed by atoms with E-state index in [0.717, 1.165) is 18.7 Å². The van der Waals surface area contributed by atoms with Crippen LogP contribution in [-0.4, -0.2) is 43.1 Å². The molecule has 1 aliphatic heterocycles. The van der Waals surface area contributed by atoms with Crippen molar-refractivity contribution in [2.24, 2.45) is 5.73 Å². The molecule has 1 aromatic rings. The van der Waals surface area contributed by atoms with Crippen LogP contribution in [0.5, 0.6) is 0 Å². The molecule has 0 radical (unpaired) electrons. The Labute approximate surface area is 121 Å². The number of anilines is 1. The first-order valence-electron chi connectivity index (χ1n) is 6.81. The third-order valence-electron chi connectivity index (χ3n) is 3.95. The highest BCUT2D eigenvalue weighted by Gasteiger charge is 2.22. The standard InChI is InChI=1S/C15H23N3S/c1-11-4-5-14(13(10-11)15(16)19)18-8-6-12(7-9-18)17(2)3/h4-5,10,12H,6-9H2,1-3H3,(H2,16,19). The van der Waals surface area contributed by atoms with E-state index < -0.39 is 0 Å². The Kier molecular flexibility index (Phi) is 4.42. The molecule has 1 saturated heterocycles. The molecule has 1 aliphatic rings. The van der Waals surface area contributed by atoms with Gasteiger partial charge in [0.05, 0.1) is 0 Å². The highest BCUT2D eigenvalue weighted by atomic mass is 32.1. The zero-order valence-corrected chi connectivity index (χ0v) is 12.8. The van der Waals surface area contributed by atoms with Crippen molar-refractivity contribution in [3.8, 4) is 0 Å². The molecule has 0 bridgehead atoms. The van der Waals surface area contributed by atoms with E-state index in [1.54, 1.807) is 0 Å². The Balaban J connectivity index is 2.17. The fourth-order valence-corrected chi connectivity index (χ4v) is 2.91. The van der Waals surface area contributed by atoms with Gasteiger partial charge in [-0.3, -0.25) is 0 Å². The minimum atomic E-state index is 0.494. The van der Waals surface area contributed by atoms with E-state index in [2.05, 4.69) is 49.0 Å². The molecule has 19 heavy (non-hydrogen) atoms. The van der Waals surface area contributed by atoms with Crippen molar-refractivity contribution >= 4 is 22.9 Å². The zero-order valence-electron chi connectivity index (χ0n) is 12.0. The van der Waals surface area contributed by atoms with Crippen LogP contribution in [0.2, 0.25) is 0 Å². The van der Waals surface area contributed by atoms with Crippen LogP contribution in [0.3, 0.4) is 0 Å². The first-order valence-corrected chi connectivity index (χ1v) is 7.21. The monoisotopic (exact) mass is 277 g/mol. The number of piperidine rings is 1. The molecule has 1 aromatic carbocycles. The molecule has 104 valence electrons. The second-order valence-electron chi connectivity index (χ2n) is 5.57. The summed E-state index contributed by atoms with van der Waals surface area (Å²) in [5.41, 5.74) is 9.27. The first kappa shape index (κ1) is 14.3. The lowest BCUT2D eigenvalue weighted by Crippen LogP contribution is -2.42. The van der Waals surface area contributed by atoms with Crippen molar-refractivity contribution < 1.29 is 0 Å². The van der Waals surface area contributed by atoms with Gasteiger partial charge in [0.1, 0.15) is 4.99 Å². The highest BCUT2D eigenvalue weighted by molar-refractivity contribution is 7.80. The molecule has 4 heteroatoms. The molecule has 0 aliphatic carbocycles. The summed E-state index contributed by atoms with van der Waals surface area (Å²) < 4.78 is 0. The van der Waals surface area contributed by atoms with Gasteiger partial charge >= 0.3 is 0 Å². The van der Waals surface area contributed by atoms with E-state index in [1.165, 1.54) is 24.1 Å². The third-order valence-corrected chi connectivity index (χ3v) is 4.17. The van der Waals surface area contributed by atoms with Crippen molar-refractivity contribution in [3.05, 3.63) is 29.3 Å². The van der Waals surface area contributed by atoms with Crippen LogP contribution in [0.25, 0.3) is 0 Å². The summed E-state index contributed by atoms with van der Waals surface area (Å²) in [6.45, 7) is 4.22. The molecule has 0 unspecified atom stereocenters. The van der Waals surface area contributed by atoms with Gasteiger partial charge in [-0.2, -0.15) is 0 Å². The summed E-state index contributed by atoms with van der Waals surface area (Å²) >= 11 is 5.19. The van der Waals surface area contributed by atoms with E-state index in [4.69, 9.17) is 18.0 Å². The fraction of sp³-hybridized carbons (Fsp3) is 0.533. The van der Waals surface area contributed by atoms with E-state index in [-0.39, 0.29) is 0 Å². The van der Waals surface area contributed by atoms with Crippen LogP contribution in [-0.2, 0) is 0 Å². The Morgan fingerprint density at radius 3 is 2.47 bits per heavy atom.